The van der Waals surface area contributed by atoms with Gasteiger partial charge in [0.05, 0.1) is 36.4 Å². The van der Waals surface area contributed by atoms with E-state index < -0.39 is 16.1 Å². The molecule has 0 saturated heterocycles. The molecule has 3 aromatic carbocycles. The standard InChI is InChI=1S/C20H18FNO4S/c21-17-8-2-1-5-15(17)12-26-13-16(23)11-22-18-9-3-6-14-7-4-10-19(20(14)18)27(22,24)25/h1-10,16,23H,11-13H2/t16-/m1/s1. The molecule has 0 unspecified atom stereocenters. The van der Waals surface area contributed by atoms with Crippen molar-refractivity contribution < 1.29 is 22.7 Å². The summed E-state index contributed by atoms with van der Waals surface area (Å²) in [5, 5.41) is 11.8. The summed E-state index contributed by atoms with van der Waals surface area (Å²) in [6, 6.07) is 16.7. The minimum atomic E-state index is -3.72. The number of β-amino-alcohol motifs (C(OH)–C–C–N with tert-alkyl or cyclic N) is 1. The van der Waals surface area contributed by atoms with Gasteiger partial charge in [-0.3, -0.25) is 4.31 Å². The van der Waals surface area contributed by atoms with Gasteiger partial charge in [0.2, 0.25) is 0 Å². The van der Waals surface area contributed by atoms with Crippen LogP contribution in [-0.4, -0.2) is 32.8 Å². The van der Waals surface area contributed by atoms with E-state index in [9.17, 15) is 17.9 Å². The van der Waals surface area contributed by atoms with Crippen LogP contribution in [0.1, 0.15) is 5.56 Å². The fourth-order valence-electron chi connectivity index (χ4n) is 3.32. The van der Waals surface area contributed by atoms with E-state index >= 15 is 0 Å². The first-order chi connectivity index (χ1) is 13.0. The molecular formula is C20H18FNO4S. The third-order valence-corrected chi connectivity index (χ3v) is 6.41. The molecule has 1 heterocycles. The highest BCUT2D eigenvalue weighted by Crippen LogP contribution is 2.41. The lowest BCUT2D eigenvalue weighted by Crippen LogP contribution is -2.37. The lowest BCUT2D eigenvalue weighted by Gasteiger charge is -2.22. The van der Waals surface area contributed by atoms with E-state index in [0.717, 1.165) is 5.39 Å². The van der Waals surface area contributed by atoms with Crippen molar-refractivity contribution in [2.24, 2.45) is 0 Å². The Kier molecular flexibility index (Phi) is 4.59. The lowest BCUT2D eigenvalue weighted by molar-refractivity contribution is 0.0324. The van der Waals surface area contributed by atoms with Crippen LogP contribution in [0, 0.1) is 5.82 Å². The molecule has 0 amide bonds. The van der Waals surface area contributed by atoms with Gasteiger partial charge >= 0.3 is 0 Å². The van der Waals surface area contributed by atoms with Crippen LogP contribution in [0.4, 0.5) is 10.1 Å². The molecule has 4 rings (SSSR count). The van der Waals surface area contributed by atoms with E-state index in [1.165, 1.54) is 10.4 Å². The first kappa shape index (κ1) is 17.9. The van der Waals surface area contributed by atoms with Crippen molar-refractivity contribution >= 4 is 26.5 Å². The van der Waals surface area contributed by atoms with E-state index in [-0.39, 0.29) is 30.5 Å². The Morgan fingerprint density at radius 3 is 2.56 bits per heavy atom. The summed E-state index contributed by atoms with van der Waals surface area (Å²) in [5.74, 6) is -0.378. The van der Waals surface area contributed by atoms with E-state index in [0.29, 0.717) is 16.6 Å². The van der Waals surface area contributed by atoms with Crippen LogP contribution in [0.25, 0.3) is 10.8 Å². The average Bonchev–Trinajstić information content (AvgIpc) is 2.87. The van der Waals surface area contributed by atoms with E-state index in [4.69, 9.17) is 4.74 Å². The number of halogens is 1. The van der Waals surface area contributed by atoms with Crippen LogP contribution in [-0.2, 0) is 21.4 Å². The first-order valence-corrected chi connectivity index (χ1v) is 9.96. The normalized spacial score (nSPS) is 16.0. The minimum absolute atomic E-state index is 0.00624. The predicted molar refractivity (Wildman–Crippen MR) is 101 cm³/mol. The second kappa shape index (κ2) is 6.92. The van der Waals surface area contributed by atoms with Gasteiger partial charge in [-0.15, -0.1) is 0 Å². The van der Waals surface area contributed by atoms with E-state index in [2.05, 4.69) is 0 Å². The number of nitrogens with zero attached hydrogens (tertiary/aromatic N) is 1. The third kappa shape index (κ3) is 3.18. The first-order valence-electron chi connectivity index (χ1n) is 8.52. The maximum Gasteiger partial charge on any atom is 0.265 e. The summed E-state index contributed by atoms with van der Waals surface area (Å²) in [4.78, 5) is 0.245. The molecular weight excluding hydrogens is 369 g/mol. The Hall–Kier alpha value is -2.48. The molecule has 1 aliphatic rings. The molecule has 1 atom stereocenters. The highest BCUT2D eigenvalue weighted by Gasteiger charge is 2.36. The lowest BCUT2D eigenvalue weighted by atomic mass is 10.1. The van der Waals surface area contributed by atoms with Crippen molar-refractivity contribution in [1.29, 1.82) is 0 Å². The molecule has 0 saturated carbocycles. The highest BCUT2D eigenvalue weighted by atomic mass is 32.2. The number of benzene rings is 3. The zero-order chi connectivity index (χ0) is 19.0. The minimum Gasteiger partial charge on any atom is -0.389 e. The second-order valence-corrected chi connectivity index (χ2v) is 8.26. The van der Waals surface area contributed by atoms with Crippen LogP contribution in [0.2, 0.25) is 0 Å². The van der Waals surface area contributed by atoms with Crippen molar-refractivity contribution in [2.45, 2.75) is 17.6 Å². The highest BCUT2D eigenvalue weighted by molar-refractivity contribution is 7.93. The molecule has 0 aromatic heterocycles. The maximum atomic E-state index is 13.6. The van der Waals surface area contributed by atoms with Crippen molar-refractivity contribution in [1.82, 2.24) is 0 Å². The maximum absolute atomic E-state index is 13.6. The zero-order valence-corrected chi connectivity index (χ0v) is 15.2. The molecule has 0 bridgehead atoms. The molecule has 27 heavy (non-hydrogen) atoms. The van der Waals surface area contributed by atoms with Gasteiger partial charge in [0.25, 0.3) is 10.0 Å². The summed E-state index contributed by atoms with van der Waals surface area (Å²) in [5.41, 5.74) is 0.937. The Labute approximate surface area is 156 Å². The molecule has 1 N–H and O–H groups in total. The van der Waals surface area contributed by atoms with Crippen LogP contribution < -0.4 is 4.31 Å². The van der Waals surface area contributed by atoms with Gasteiger partial charge in [0.1, 0.15) is 5.82 Å². The Morgan fingerprint density at radius 1 is 1.04 bits per heavy atom. The van der Waals surface area contributed by atoms with Crippen LogP contribution >= 0.6 is 0 Å². The third-order valence-electron chi connectivity index (χ3n) is 4.58. The van der Waals surface area contributed by atoms with Gasteiger partial charge in [0, 0.05) is 10.9 Å². The summed E-state index contributed by atoms with van der Waals surface area (Å²) < 4.78 is 45.9. The number of hydrogen-bond acceptors (Lipinski definition) is 4. The summed E-state index contributed by atoms with van der Waals surface area (Å²) in [6.45, 7) is -0.230. The fraction of sp³-hybridized carbons (Fsp3) is 0.200. The summed E-state index contributed by atoms with van der Waals surface area (Å²) in [7, 11) is -3.72. The predicted octanol–water partition coefficient (Wildman–Crippen LogP) is 3.07. The van der Waals surface area contributed by atoms with E-state index in [1.54, 1.807) is 42.5 Å². The molecule has 0 radical (unpaired) electrons. The molecule has 5 nitrogen and oxygen atoms in total. The number of ether oxygens (including phenoxy) is 1. The average molecular weight is 387 g/mol. The Balaban J connectivity index is 1.48. The molecule has 140 valence electrons. The molecule has 7 heteroatoms. The summed E-state index contributed by atoms with van der Waals surface area (Å²) >= 11 is 0. The van der Waals surface area contributed by atoms with Crippen molar-refractivity contribution in [3.63, 3.8) is 0 Å². The van der Waals surface area contributed by atoms with Gasteiger partial charge < -0.3 is 9.84 Å². The molecule has 1 aliphatic heterocycles. The molecule has 3 aromatic rings. The van der Waals surface area contributed by atoms with Gasteiger partial charge in [-0.05, 0) is 23.6 Å². The largest absolute Gasteiger partial charge is 0.389 e. The SMILES string of the molecule is O=S1(=O)c2cccc3cccc(c23)N1C[C@@H](O)COCc1ccccc1F. The van der Waals surface area contributed by atoms with Gasteiger partial charge in [-0.1, -0.05) is 42.5 Å². The van der Waals surface area contributed by atoms with Gasteiger partial charge in [-0.2, -0.15) is 0 Å². The Morgan fingerprint density at radius 2 is 1.78 bits per heavy atom. The number of aliphatic hydroxyl groups excluding tert-OH is 1. The number of anilines is 1. The van der Waals surface area contributed by atoms with Crippen molar-refractivity contribution in [3.8, 4) is 0 Å². The van der Waals surface area contributed by atoms with Crippen molar-refractivity contribution in [3.05, 3.63) is 72.0 Å². The number of sulfonamides is 1. The fourth-order valence-corrected chi connectivity index (χ4v) is 5.07. The molecule has 0 fully saturated rings. The van der Waals surface area contributed by atoms with Crippen LogP contribution in [0.5, 0.6) is 0 Å². The Bertz CT molecular complexity index is 1090. The second-order valence-electron chi connectivity index (χ2n) is 6.43. The van der Waals surface area contributed by atoms with E-state index in [1.807, 2.05) is 12.1 Å². The zero-order valence-electron chi connectivity index (χ0n) is 14.4. The van der Waals surface area contributed by atoms with Gasteiger partial charge in [-0.25, -0.2) is 12.8 Å². The van der Waals surface area contributed by atoms with Gasteiger partial charge in [0.15, 0.2) is 0 Å². The topological polar surface area (TPSA) is 66.8 Å². The van der Waals surface area contributed by atoms with Crippen LogP contribution in [0.3, 0.4) is 0 Å². The quantitative estimate of drug-likeness (QED) is 0.706. The van der Waals surface area contributed by atoms with Crippen molar-refractivity contribution in [2.75, 3.05) is 17.5 Å². The molecule has 0 spiro atoms. The number of hydrogen-bond donors (Lipinski definition) is 1. The monoisotopic (exact) mass is 387 g/mol. The number of rotatable bonds is 6. The van der Waals surface area contributed by atoms with Crippen LogP contribution in [0.15, 0.2) is 65.6 Å². The smallest absolute Gasteiger partial charge is 0.265 e. The molecule has 0 aliphatic carbocycles. The summed E-state index contributed by atoms with van der Waals surface area (Å²) in [6.07, 6.45) is -1.05. The number of aliphatic hydroxyl groups is 1.